The van der Waals surface area contributed by atoms with Crippen LogP contribution in [0.4, 0.5) is 0 Å². The van der Waals surface area contributed by atoms with Crippen molar-refractivity contribution >= 4 is 0 Å². The lowest BCUT2D eigenvalue weighted by molar-refractivity contribution is 0.110. The van der Waals surface area contributed by atoms with Crippen LogP contribution in [0.3, 0.4) is 0 Å². The molecule has 0 spiro atoms. The second-order valence-electron chi connectivity index (χ2n) is 13.9. The SMILES string of the molecule is CCOCCOc1ccc(C2(c3ccc(OCCOCC)cc3)c3cc(C(C)(C)CC)ccc3-c3ccc(C(C)(C)CC)cc32)cc1. The van der Waals surface area contributed by atoms with E-state index in [0.717, 1.165) is 24.3 Å². The molecule has 0 aliphatic heterocycles. The average molecular weight is 635 g/mol. The van der Waals surface area contributed by atoms with Crippen LogP contribution in [0.25, 0.3) is 11.1 Å². The highest BCUT2D eigenvalue weighted by Crippen LogP contribution is 2.57. The van der Waals surface area contributed by atoms with E-state index in [0.29, 0.717) is 39.6 Å². The van der Waals surface area contributed by atoms with E-state index < -0.39 is 5.41 Å². The first-order valence-electron chi connectivity index (χ1n) is 17.5. The van der Waals surface area contributed by atoms with Crippen molar-refractivity contribution in [3.05, 3.63) is 118 Å². The molecule has 1 aliphatic rings. The Hall–Kier alpha value is -3.60. The van der Waals surface area contributed by atoms with Crippen LogP contribution >= 0.6 is 0 Å². The Bertz CT molecular complexity index is 1490. The number of fused-ring (bicyclic) bond motifs is 3. The molecule has 4 aromatic rings. The van der Waals surface area contributed by atoms with E-state index >= 15 is 0 Å². The van der Waals surface area contributed by atoms with E-state index in [2.05, 4.69) is 126 Å². The first-order valence-corrected chi connectivity index (χ1v) is 17.5. The van der Waals surface area contributed by atoms with Gasteiger partial charge in [0.2, 0.25) is 0 Å². The molecule has 0 N–H and O–H groups in total. The summed E-state index contributed by atoms with van der Waals surface area (Å²) in [6.07, 6.45) is 2.12. The monoisotopic (exact) mass is 634 g/mol. The molecule has 4 nitrogen and oxygen atoms in total. The Morgan fingerprint density at radius 3 is 1.21 bits per heavy atom. The van der Waals surface area contributed by atoms with Gasteiger partial charge in [0.25, 0.3) is 0 Å². The molecule has 4 aromatic carbocycles. The van der Waals surface area contributed by atoms with Crippen molar-refractivity contribution in [3.63, 3.8) is 0 Å². The molecule has 250 valence electrons. The maximum absolute atomic E-state index is 6.08. The highest BCUT2D eigenvalue weighted by Gasteiger charge is 2.47. The van der Waals surface area contributed by atoms with E-state index in [9.17, 15) is 0 Å². The molecular formula is C43H54O4. The van der Waals surface area contributed by atoms with Crippen LogP contribution in [0.1, 0.15) is 102 Å². The Balaban J connectivity index is 1.75. The highest BCUT2D eigenvalue weighted by atomic mass is 16.5. The second-order valence-corrected chi connectivity index (χ2v) is 13.9. The molecule has 47 heavy (non-hydrogen) atoms. The van der Waals surface area contributed by atoms with E-state index in [1.165, 1.54) is 44.5 Å². The zero-order valence-electron chi connectivity index (χ0n) is 29.9. The van der Waals surface area contributed by atoms with Gasteiger partial charge in [-0.25, -0.2) is 0 Å². The quantitative estimate of drug-likeness (QED) is 0.101. The van der Waals surface area contributed by atoms with Gasteiger partial charge in [-0.05, 0) is 106 Å². The van der Waals surface area contributed by atoms with E-state index in [4.69, 9.17) is 18.9 Å². The van der Waals surface area contributed by atoms with Gasteiger partial charge < -0.3 is 18.9 Å². The van der Waals surface area contributed by atoms with Gasteiger partial charge in [0.15, 0.2) is 0 Å². The number of rotatable bonds is 16. The summed E-state index contributed by atoms with van der Waals surface area (Å²) in [7, 11) is 0. The Morgan fingerprint density at radius 2 is 0.872 bits per heavy atom. The summed E-state index contributed by atoms with van der Waals surface area (Å²) < 4.78 is 23.2. The number of ether oxygens (including phenoxy) is 4. The van der Waals surface area contributed by atoms with Crippen LogP contribution in [-0.4, -0.2) is 39.6 Å². The molecule has 0 unspecified atom stereocenters. The largest absolute Gasteiger partial charge is 0.491 e. The first-order chi connectivity index (χ1) is 22.6. The van der Waals surface area contributed by atoms with Gasteiger partial charge in [-0.15, -0.1) is 0 Å². The second kappa shape index (κ2) is 14.7. The predicted molar refractivity (Wildman–Crippen MR) is 194 cm³/mol. The van der Waals surface area contributed by atoms with Crippen LogP contribution in [0, 0.1) is 0 Å². The van der Waals surface area contributed by atoms with Crippen molar-refractivity contribution in [2.75, 3.05) is 39.6 Å². The van der Waals surface area contributed by atoms with Gasteiger partial charge in [-0.3, -0.25) is 0 Å². The van der Waals surface area contributed by atoms with Crippen LogP contribution in [-0.2, 0) is 25.7 Å². The third kappa shape index (κ3) is 6.87. The molecule has 0 atom stereocenters. The maximum Gasteiger partial charge on any atom is 0.119 e. The van der Waals surface area contributed by atoms with E-state index in [1.807, 2.05) is 13.8 Å². The molecule has 0 fully saturated rings. The van der Waals surface area contributed by atoms with Crippen LogP contribution in [0.15, 0.2) is 84.9 Å². The molecule has 5 rings (SSSR count). The normalized spacial score (nSPS) is 13.7. The molecule has 0 saturated heterocycles. The van der Waals surface area contributed by atoms with Crippen molar-refractivity contribution in [1.82, 2.24) is 0 Å². The summed E-state index contributed by atoms with van der Waals surface area (Å²) in [6, 6.07) is 31.9. The van der Waals surface area contributed by atoms with Crippen molar-refractivity contribution < 1.29 is 18.9 Å². The number of hydrogen-bond acceptors (Lipinski definition) is 4. The third-order valence-electron chi connectivity index (χ3n) is 10.4. The highest BCUT2D eigenvalue weighted by molar-refractivity contribution is 5.87. The molecule has 0 radical (unpaired) electrons. The minimum Gasteiger partial charge on any atom is -0.491 e. The fourth-order valence-corrected chi connectivity index (χ4v) is 6.69. The molecule has 0 saturated carbocycles. The standard InChI is InChI=1S/C43H54O4/c1-9-41(5,6)33-17-23-37-38-24-18-34(42(7,8)10-2)30-40(38)43(39(37)29-33,31-13-19-35(20-14-31)46-27-25-44-11-3)32-15-21-36(22-16-32)47-28-26-45-12-4/h13-24,29-30H,9-12,25-28H2,1-8H3. The first kappa shape index (κ1) is 34.7. The van der Waals surface area contributed by atoms with E-state index in [1.54, 1.807) is 0 Å². The molecule has 4 heteroatoms. The molecule has 0 amide bonds. The van der Waals surface area contributed by atoms with Crippen molar-refractivity contribution in [3.8, 4) is 22.6 Å². The van der Waals surface area contributed by atoms with Crippen LogP contribution < -0.4 is 9.47 Å². The number of hydrogen-bond donors (Lipinski definition) is 0. The molecule has 0 bridgehead atoms. The topological polar surface area (TPSA) is 36.9 Å². The minimum atomic E-state index is -0.530. The fourth-order valence-electron chi connectivity index (χ4n) is 6.69. The predicted octanol–water partition coefficient (Wildman–Crippen LogP) is 10.3. The molecule has 0 heterocycles. The van der Waals surface area contributed by atoms with Gasteiger partial charge in [-0.2, -0.15) is 0 Å². The van der Waals surface area contributed by atoms with Gasteiger partial charge in [-0.1, -0.05) is 102 Å². The van der Waals surface area contributed by atoms with Crippen molar-refractivity contribution in [2.24, 2.45) is 0 Å². The Morgan fingerprint density at radius 1 is 0.489 bits per heavy atom. The summed E-state index contributed by atoms with van der Waals surface area (Å²) in [6.45, 7) is 21.6. The van der Waals surface area contributed by atoms with Crippen molar-refractivity contribution in [1.29, 1.82) is 0 Å². The average Bonchev–Trinajstić information content (AvgIpc) is 3.39. The van der Waals surface area contributed by atoms with Gasteiger partial charge in [0.1, 0.15) is 24.7 Å². The van der Waals surface area contributed by atoms with Crippen LogP contribution in [0.2, 0.25) is 0 Å². The molecular weight excluding hydrogens is 580 g/mol. The summed E-state index contributed by atoms with van der Waals surface area (Å²) >= 11 is 0. The van der Waals surface area contributed by atoms with Crippen molar-refractivity contribution in [2.45, 2.75) is 84.5 Å². The lowest BCUT2D eigenvalue weighted by Gasteiger charge is -2.36. The van der Waals surface area contributed by atoms with Gasteiger partial charge in [0, 0.05) is 13.2 Å². The van der Waals surface area contributed by atoms with Gasteiger partial charge >= 0.3 is 0 Å². The van der Waals surface area contributed by atoms with Gasteiger partial charge in [0.05, 0.1) is 18.6 Å². The maximum atomic E-state index is 6.08. The minimum absolute atomic E-state index is 0.0431. The summed E-state index contributed by atoms with van der Waals surface area (Å²) in [4.78, 5) is 0. The smallest absolute Gasteiger partial charge is 0.119 e. The van der Waals surface area contributed by atoms with Crippen LogP contribution in [0.5, 0.6) is 11.5 Å². The number of benzene rings is 4. The third-order valence-corrected chi connectivity index (χ3v) is 10.4. The zero-order valence-corrected chi connectivity index (χ0v) is 29.9. The molecule has 0 aromatic heterocycles. The fraction of sp³-hybridized carbons (Fsp3) is 0.442. The van der Waals surface area contributed by atoms with E-state index in [-0.39, 0.29) is 10.8 Å². The molecule has 1 aliphatic carbocycles. The Labute approximate surface area is 283 Å². The zero-order chi connectivity index (χ0) is 33.7. The lowest BCUT2D eigenvalue weighted by atomic mass is 9.66. The Kier molecular flexibility index (Phi) is 10.8. The summed E-state index contributed by atoms with van der Waals surface area (Å²) in [5.41, 5.74) is 9.96. The summed E-state index contributed by atoms with van der Waals surface area (Å²) in [5, 5.41) is 0. The lowest BCUT2D eigenvalue weighted by Crippen LogP contribution is -2.30. The summed E-state index contributed by atoms with van der Waals surface area (Å²) in [5.74, 6) is 1.70.